The lowest BCUT2D eigenvalue weighted by Crippen LogP contribution is -2.54. The third-order valence-corrected chi connectivity index (χ3v) is 17.1. The van der Waals surface area contributed by atoms with E-state index in [1.54, 1.807) is 0 Å². The van der Waals surface area contributed by atoms with E-state index in [1.807, 2.05) is 24.3 Å². The lowest BCUT2D eigenvalue weighted by molar-refractivity contribution is 0.195. The van der Waals surface area contributed by atoms with Gasteiger partial charge in [0.15, 0.2) is 0 Å². The van der Waals surface area contributed by atoms with Crippen LogP contribution in [0.3, 0.4) is 0 Å². The van der Waals surface area contributed by atoms with Crippen molar-refractivity contribution in [3.63, 3.8) is 0 Å². The highest BCUT2D eigenvalue weighted by molar-refractivity contribution is 5.88. The molecule has 0 amide bonds. The normalized spacial score (nSPS) is 26.3. The van der Waals surface area contributed by atoms with Gasteiger partial charge in [0.25, 0.3) is 0 Å². The number of nitriles is 2. The molecule has 4 heteroatoms. The molecule has 2 aliphatic heterocycles. The summed E-state index contributed by atoms with van der Waals surface area (Å²) in [6.07, 6.45) is 9.55. The first-order chi connectivity index (χ1) is 29.3. The van der Waals surface area contributed by atoms with Crippen molar-refractivity contribution in [3.05, 3.63) is 155 Å². The van der Waals surface area contributed by atoms with E-state index in [0.29, 0.717) is 11.1 Å². The van der Waals surface area contributed by atoms with Gasteiger partial charge in [-0.2, -0.15) is 10.5 Å². The summed E-state index contributed by atoms with van der Waals surface area (Å²) in [5, 5.41) is 19.0. The molecule has 5 aliphatic rings. The summed E-state index contributed by atoms with van der Waals surface area (Å²) in [5.41, 5.74) is 19.6. The summed E-state index contributed by atoms with van der Waals surface area (Å²) in [4.78, 5) is 5.18. The first-order valence-corrected chi connectivity index (χ1v) is 22.5. The molecule has 4 atom stereocenters. The van der Waals surface area contributed by atoms with Gasteiger partial charge in [-0.1, -0.05) is 89.8 Å². The largest absolute Gasteiger partial charge is 0.334 e. The molecule has 0 aromatic heterocycles. The topological polar surface area (TPSA) is 54.1 Å². The number of anilines is 4. The van der Waals surface area contributed by atoms with E-state index in [4.69, 9.17) is 0 Å². The highest BCUT2D eigenvalue weighted by Crippen LogP contribution is 2.63. The van der Waals surface area contributed by atoms with Crippen LogP contribution in [0.1, 0.15) is 126 Å². The second-order valence-electron chi connectivity index (χ2n) is 20.2. The fourth-order valence-electron chi connectivity index (χ4n) is 13.1. The second-order valence-corrected chi connectivity index (χ2v) is 20.2. The Kier molecular flexibility index (Phi) is 8.04. The molecule has 0 spiro atoms. The molecule has 4 nitrogen and oxygen atoms in total. The predicted octanol–water partition coefficient (Wildman–Crippen LogP) is 14.6. The van der Waals surface area contributed by atoms with Gasteiger partial charge < -0.3 is 9.80 Å². The van der Waals surface area contributed by atoms with Gasteiger partial charge in [0, 0.05) is 39.0 Å². The van der Waals surface area contributed by atoms with Crippen molar-refractivity contribution in [2.45, 2.75) is 120 Å². The van der Waals surface area contributed by atoms with Gasteiger partial charge >= 0.3 is 0 Å². The SMILES string of the molecule is CC1(C)c2cc(-c3ccc4c(c3)C3(C)CCCCC3(C)N4c3ccc(C#N)cc3)ccc2-c2ccc(-c3ccc4c(c3)C3(C)CCCCC3(C)N4c3ccc(C#N)cc3)cc21. The molecule has 2 saturated carbocycles. The quantitative estimate of drug-likeness (QED) is 0.178. The third-order valence-electron chi connectivity index (χ3n) is 17.1. The second kappa shape index (κ2) is 13.0. The zero-order valence-electron chi connectivity index (χ0n) is 36.5. The maximum absolute atomic E-state index is 9.52. The van der Waals surface area contributed by atoms with Crippen LogP contribution in [0, 0.1) is 22.7 Å². The van der Waals surface area contributed by atoms with Crippen molar-refractivity contribution < 1.29 is 0 Å². The number of nitrogens with zero attached hydrogens (tertiary/aromatic N) is 4. The Labute approximate surface area is 362 Å². The Morgan fingerprint density at radius 1 is 0.410 bits per heavy atom. The van der Waals surface area contributed by atoms with Gasteiger partial charge in [-0.05, 0) is 180 Å². The molecule has 6 aromatic rings. The van der Waals surface area contributed by atoms with Crippen LogP contribution in [0.2, 0.25) is 0 Å². The average molecular weight is 795 g/mol. The molecule has 2 fully saturated rings. The molecule has 302 valence electrons. The van der Waals surface area contributed by atoms with E-state index < -0.39 is 0 Å². The zero-order valence-corrected chi connectivity index (χ0v) is 36.5. The van der Waals surface area contributed by atoms with E-state index in [1.165, 1.54) is 117 Å². The summed E-state index contributed by atoms with van der Waals surface area (Å²) in [6.45, 7) is 14.7. The molecular formula is C57H54N4. The molecule has 0 saturated heterocycles. The average Bonchev–Trinajstić information content (AvgIpc) is 3.73. The molecule has 0 bridgehead atoms. The van der Waals surface area contributed by atoms with Crippen LogP contribution in [0.15, 0.2) is 121 Å². The van der Waals surface area contributed by atoms with Crippen LogP contribution in [0.25, 0.3) is 33.4 Å². The van der Waals surface area contributed by atoms with Gasteiger partial charge in [0.05, 0.1) is 34.3 Å². The van der Waals surface area contributed by atoms with Gasteiger partial charge in [0.2, 0.25) is 0 Å². The Balaban J connectivity index is 0.950. The predicted molar refractivity (Wildman–Crippen MR) is 250 cm³/mol. The number of hydrogen-bond donors (Lipinski definition) is 0. The van der Waals surface area contributed by atoms with Crippen molar-refractivity contribution in [3.8, 4) is 45.5 Å². The van der Waals surface area contributed by atoms with Crippen LogP contribution >= 0.6 is 0 Å². The number of rotatable bonds is 4. The molecule has 11 rings (SSSR count). The van der Waals surface area contributed by atoms with Gasteiger partial charge in [-0.25, -0.2) is 0 Å². The molecule has 0 N–H and O–H groups in total. The van der Waals surface area contributed by atoms with Crippen molar-refractivity contribution in [2.24, 2.45) is 0 Å². The molecule has 3 aliphatic carbocycles. The van der Waals surface area contributed by atoms with E-state index in [-0.39, 0.29) is 27.3 Å². The lowest BCUT2D eigenvalue weighted by Gasteiger charge is -2.50. The molecule has 0 radical (unpaired) electrons. The van der Waals surface area contributed by atoms with E-state index >= 15 is 0 Å². The molecule has 2 heterocycles. The molecule has 61 heavy (non-hydrogen) atoms. The first kappa shape index (κ1) is 37.9. The molecule has 6 aromatic carbocycles. The smallest absolute Gasteiger partial charge is 0.0991 e. The lowest BCUT2D eigenvalue weighted by atomic mass is 9.61. The Hall–Kier alpha value is -6.10. The Bertz CT molecular complexity index is 2690. The minimum atomic E-state index is -0.162. The third kappa shape index (κ3) is 5.03. The van der Waals surface area contributed by atoms with Crippen molar-refractivity contribution in [1.82, 2.24) is 0 Å². The maximum atomic E-state index is 9.52. The molecular weight excluding hydrogens is 741 g/mol. The zero-order chi connectivity index (χ0) is 42.1. The van der Waals surface area contributed by atoms with E-state index in [0.717, 1.165) is 12.8 Å². The summed E-state index contributed by atoms with van der Waals surface area (Å²) in [7, 11) is 0. The summed E-state index contributed by atoms with van der Waals surface area (Å²) in [5.74, 6) is 0. The van der Waals surface area contributed by atoms with Crippen LogP contribution in [-0.4, -0.2) is 11.1 Å². The maximum Gasteiger partial charge on any atom is 0.0991 e. The van der Waals surface area contributed by atoms with Gasteiger partial charge in [-0.15, -0.1) is 0 Å². The van der Waals surface area contributed by atoms with Crippen molar-refractivity contribution in [2.75, 3.05) is 9.80 Å². The minimum absolute atomic E-state index is 0.0135. The standard InChI is InChI=1S/C57H54N4/c1-53(2)47-31-39(41-17-25-51-49(33-41)54(3)27-7-9-29-56(54,5)60(51)43-19-11-37(35-58)12-20-43)15-23-45(47)46-24-16-40(32-48(46)53)42-18-26-52-50(34-42)55(4)28-8-10-30-57(55,6)61(52)44-21-13-38(36-59)14-22-44/h11-26,31-34H,7-10,27-30H2,1-6H3. The fraction of sp³-hybridized carbons (Fsp3) is 0.333. The van der Waals surface area contributed by atoms with Crippen molar-refractivity contribution in [1.29, 1.82) is 10.5 Å². The number of hydrogen-bond acceptors (Lipinski definition) is 4. The number of benzene rings is 6. The monoisotopic (exact) mass is 794 g/mol. The van der Waals surface area contributed by atoms with Crippen LogP contribution in [0.4, 0.5) is 22.7 Å². The minimum Gasteiger partial charge on any atom is -0.334 e. The van der Waals surface area contributed by atoms with E-state index in [9.17, 15) is 10.5 Å². The van der Waals surface area contributed by atoms with Crippen molar-refractivity contribution >= 4 is 22.7 Å². The van der Waals surface area contributed by atoms with Gasteiger partial charge in [-0.3, -0.25) is 0 Å². The van der Waals surface area contributed by atoms with Crippen LogP contribution in [-0.2, 0) is 16.2 Å². The summed E-state index contributed by atoms with van der Waals surface area (Å²) < 4.78 is 0. The fourth-order valence-corrected chi connectivity index (χ4v) is 13.1. The van der Waals surface area contributed by atoms with E-state index in [2.05, 4.69) is 161 Å². The highest BCUT2D eigenvalue weighted by Gasteiger charge is 2.59. The molecule has 4 unspecified atom stereocenters. The number of fused-ring (bicyclic) bond motifs is 9. The van der Waals surface area contributed by atoms with Gasteiger partial charge in [0.1, 0.15) is 0 Å². The Morgan fingerprint density at radius 3 is 1.13 bits per heavy atom. The van der Waals surface area contributed by atoms with Crippen LogP contribution in [0.5, 0.6) is 0 Å². The first-order valence-electron chi connectivity index (χ1n) is 22.5. The Morgan fingerprint density at radius 2 is 0.754 bits per heavy atom. The summed E-state index contributed by atoms with van der Waals surface area (Å²) >= 11 is 0. The van der Waals surface area contributed by atoms with Crippen LogP contribution < -0.4 is 9.80 Å². The summed E-state index contributed by atoms with van der Waals surface area (Å²) in [6, 6.07) is 49.8. The highest BCUT2D eigenvalue weighted by atomic mass is 15.3.